The van der Waals surface area contributed by atoms with Gasteiger partial charge in [0.25, 0.3) is 0 Å². The number of benzene rings is 1. The fraction of sp³-hybridized carbons (Fsp3) is 0.462. The molecule has 19 heavy (non-hydrogen) atoms. The predicted octanol–water partition coefficient (Wildman–Crippen LogP) is 4.25. The number of ether oxygens (including phenoxy) is 1. The zero-order chi connectivity index (χ0) is 14.0. The van der Waals surface area contributed by atoms with Gasteiger partial charge in [0.2, 0.25) is 0 Å². The summed E-state index contributed by atoms with van der Waals surface area (Å²) in [4.78, 5) is 4.18. The molecule has 0 N–H and O–H groups in total. The first kappa shape index (κ1) is 14.7. The first-order chi connectivity index (χ1) is 8.88. The molecular weight excluding hydrogens is 327 g/mol. The number of aromatic nitrogens is 2. The van der Waals surface area contributed by atoms with E-state index < -0.39 is 8.07 Å². The highest BCUT2D eigenvalue weighted by Gasteiger charge is 2.13. The van der Waals surface area contributed by atoms with Crippen molar-refractivity contribution in [2.75, 3.05) is 6.61 Å². The Morgan fingerprint density at radius 1 is 1.37 bits per heavy atom. The molecule has 0 atom stereocenters. The second kappa shape index (κ2) is 5.72. The van der Waals surface area contributed by atoms with Crippen LogP contribution in [0.25, 0.3) is 11.0 Å². The molecule has 0 aliphatic carbocycles. The van der Waals surface area contributed by atoms with Gasteiger partial charge in [-0.05, 0) is 34.1 Å². The molecule has 0 saturated heterocycles. The lowest BCUT2D eigenvalue weighted by molar-refractivity contribution is 0.0895. The first-order valence-corrected chi connectivity index (χ1v) is 10.7. The third-order valence-electron chi connectivity index (χ3n) is 2.90. The van der Waals surface area contributed by atoms with Gasteiger partial charge in [0, 0.05) is 14.7 Å². The van der Waals surface area contributed by atoms with Gasteiger partial charge in [-0.3, -0.25) is 0 Å². The average molecular weight is 345 g/mol. The van der Waals surface area contributed by atoms with Crippen molar-refractivity contribution in [3.8, 4) is 0 Å². The summed E-state index contributed by atoms with van der Waals surface area (Å²) in [6.45, 7) is 7.97. The highest BCUT2D eigenvalue weighted by atomic mass is 79.9. The van der Waals surface area contributed by atoms with Crippen molar-refractivity contribution in [2.24, 2.45) is 0 Å². The molecule has 0 unspecified atom stereocenters. The molecule has 2 aromatic rings. The van der Waals surface area contributed by atoms with Crippen LogP contribution in [0.2, 0.25) is 25.7 Å². The summed E-state index contributed by atoms with van der Waals surface area (Å²) < 4.78 is 21.8. The maximum Gasteiger partial charge on any atom is 0.163 e. The molecule has 3 nitrogen and oxygen atoms in total. The molecule has 0 radical (unpaired) electrons. The smallest absolute Gasteiger partial charge is 0.163 e. The van der Waals surface area contributed by atoms with Crippen LogP contribution < -0.4 is 0 Å². The molecule has 0 amide bonds. The molecule has 2 rings (SSSR count). The summed E-state index contributed by atoms with van der Waals surface area (Å²) >= 11 is 3.19. The predicted molar refractivity (Wildman–Crippen MR) is 81.5 cm³/mol. The van der Waals surface area contributed by atoms with Crippen LogP contribution in [0.4, 0.5) is 4.39 Å². The Kier molecular flexibility index (Phi) is 4.42. The summed E-state index contributed by atoms with van der Waals surface area (Å²) in [5.41, 5.74) is 1.14. The number of rotatable bonds is 5. The van der Waals surface area contributed by atoms with Crippen molar-refractivity contribution in [1.29, 1.82) is 0 Å². The minimum absolute atomic E-state index is 0.288. The molecular formula is C13H18BrFN2OSi. The third kappa shape index (κ3) is 3.64. The minimum Gasteiger partial charge on any atom is -0.361 e. The molecule has 0 bridgehead atoms. The summed E-state index contributed by atoms with van der Waals surface area (Å²) in [6, 6.07) is 4.56. The molecule has 104 valence electrons. The Labute approximate surface area is 121 Å². The topological polar surface area (TPSA) is 27.1 Å². The lowest BCUT2D eigenvalue weighted by Crippen LogP contribution is -2.22. The number of nitrogens with zero attached hydrogens (tertiary/aromatic N) is 2. The van der Waals surface area contributed by atoms with E-state index in [1.807, 2.05) is 0 Å². The van der Waals surface area contributed by atoms with Crippen molar-refractivity contribution in [3.63, 3.8) is 0 Å². The fourth-order valence-electron chi connectivity index (χ4n) is 1.74. The van der Waals surface area contributed by atoms with Crippen molar-refractivity contribution >= 4 is 35.0 Å². The largest absolute Gasteiger partial charge is 0.361 e. The monoisotopic (exact) mass is 344 g/mol. The van der Waals surface area contributed by atoms with Gasteiger partial charge in [-0.2, -0.15) is 0 Å². The van der Waals surface area contributed by atoms with E-state index in [9.17, 15) is 4.39 Å². The number of fused-ring (bicyclic) bond motifs is 1. The summed E-state index contributed by atoms with van der Waals surface area (Å²) in [7, 11) is -1.08. The van der Waals surface area contributed by atoms with Gasteiger partial charge >= 0.3 is 0 Å². The Bertz CT molecular complexity index is 580. The van der Waals surface area contributed by atoms with Crippen LogP contribution in [-0.4, -0.2) is 24.2 Å². The highest BCUT2D eigenvalue weighted by Crippen LogP contribution is 2.24. The molecule has 0 fully saturated rings. The van der Waals surface area contributed by atoms with E-state index in [-0.39, 0.29) is 5.82 Å². The van der Waals surface area contributed by atoms with Gasteiger partial charge in [-0.1, -0.05) is 19.6 Å². The first-order valence-electron chi connectivity index (χ1n) is 6.25. The lowest BCUT2D eigenvalue weighted by Gasteiger charge is -2.15. The van der Waals surface area contributed by atoms with E-state index >= 15 is 0 Å². The number of halogens is 2. The Morgan fingerprint density at radius 3 is 2.79 bits per heavy atom. The molecule has 1 aromatic heterocycles. The summed E-state index contributed by atoms with van der Waals surface area (Å²) in [5, 5.41) is 0. The second-order valence-corrected chi connectivity index (χ2v) is 12.3. The van der Waals surface area contributed by atoms with Crippen LogP contribution in [0.3, 0.4) is 0 Å². The van der Waals surface area contributed by atoms with Crippen LogP contribution in [0.15, 0.2) is 22.9 Å². The maximum absolute atomic E-state index is 14.0. The zero-order valence-corrected chi connectivity index (χ0v) is 14.0. The van der Waals surface area contributed by atoms with Crippen LogP contribution in [0, 0.1) is 5.82 Å². The van der Waals surface area contributed by atoms with Crippen molar-refractivity contribution < 1.29 is 9.13 Å². The third-order valence-corrected chi connectivity index (χ3v) is 5.21. The summed E-state index contributed by atoms with van der Waals surface area (Å²) in [5.74, 6) is -0.288. The quantitative estimate of drug-likeness (QED) is 0.598. The van der Waals surface area contributed by atoms with Gasteiger partial charge in [-0.25, -0.2) is 9.37 Å². The van der Waals surface area contributed by atoms with Gasteiger partial charge in [0.05, 0.1) is 16.3 Å². The maximum atomic E-state index is 14.0. The molecule has 0 aliphatic rings. The van der Waals surface area contributed by atoms with Gasteiger partial charge < -0.3 is 9.30 Å². The molecule has 0 aliphatic heterocycles. The molecule has 0 saturated carbocycles. The van der Waals surface area contributed by atoms with E-state index in [1.54, 1.807) is 23.0 Å². The normalized spacial score (nSPS) is 12.3. The van der Waals surface area contributed by atoms with Crippen LogP contribution in [-0.2, 0) is 11.5 Å². The van der Waals surface area contributed by atoms with E-state index in [1.165, 1.54) is 0 Å². The minimum atomic E-state index is -1.08. The number of hydrogen-bond donors (Lipinski definition) is 0. The molecule has 0 spiro atoms. The van der Waals surface area contributed by atoms with E-state index in [0.29, 0.717) is 28.8 Å². The van der Waals surface area contributed by atoms with Crippen molar-refractivity contribution in [2.45, 2.75) is 32.4 Å². The van der Waals surface area contributed by atoms with Crippen LogP contribution in [0.5, 0.6) is 0 Å². The van der Waals surface area contributed by atoms with Crippen LogP contribution in [0.1, 0.15) is 0 Å². The van der Waals surface area contributed by atoms with E-state index in [4.69, 9.17) is 4.74 Å². The lowest BCUT2D eigenvalue weighted by atomic mass is 10.3. The summed E-state index contributed by atoms with van der Waals surface area (Å²) in [6.07, 6.45) is 1.62. The van der Waals surface area contributed by atoms with Crippen molar-refractivity contribution in [1.82, 2.24) is 9.55 Å². The Hall–Kier alpha value is -0.723. The SMILES string of the molecule is C[Si](C)(C)CCOCn1cnc2ccc(Br)c(F)c21. The zero-order valence-electron chi connectivity index (χ0n) is 11.4. The fourth-order valence-corrected chi connectivity index (χ4v) is 2.81. The highest BCUT2D eigenvalue weighted by molar-refractivity contribution is 9.10. The van der Waals surface area contributed by atoms with Crippen molar-refractivity contribution in [3.05, 3.63) is 28.7 Å². The molecule has 6 heteroatoms. The molecule has 1 aromatic carbocycles. The number of imidazole rings is 1. The van der Waals surface area contributed by atoms with Gasteiger partial charge in [0.15, 0.2) is 5.82 Å². The second-order valence-electron chi connectivity index (χ2n) is 5.79. The van der Waals surface area contributed by atoms with Crippen LogP contribution >= 0.6 is 15.9 Å². The number of hydrogen-bond acceptors (Lipinski definition) is 2. The standard InChI is InChI=1S/C13H18BrFN2OSi/c1-19(2,3)7-6-18-9-17-8-16-11-5-4-10(14)12(15)13(11)17/h4-5,8H,6-7,9H2,1-3H3. The van der Waals surface area contributed by atoms with Gasteiger partial charge in [0.1, 0.15) is 12.2 Å². The molecule has 1 heterocycles. The van der Waals surface area contributed by atoms with Gasteiger partial charge in [-0.15, -0.1) is 0 Å². The van der Waals surface area contributed by atoms with E-state index in [0.717, 1.165) is 6.04 Å². The van der Waals surface area contributed by atoms with E-state index in [2.05, 4.69) is 40.6 Å². The Balaban J connectivity index is 2.07. The Morgan fingerprint density at radius 2 is 2.11 bits per heavy atom. The average Bonchev–Trinajstić information content (AvgIpc) is 2.72.